The third-order valence-electron chi connectivity index (χ3n) is 3.90. The number of nitrogens with one attached hydrogen (secondary N) is 2. The first-order chi connectivity index (χ1) is 13.1. The first-order valence-electron chi connectivity index (χ1n) is 8.82. The van der Waals surface area contributed by atoms with E-state index >= 15 is 0 Å². The van der Waals surface area contributed by atoms with Crippen LogP contribution >= 0.6 is 0 Å². The highest BCUT2D eigenvalue weighted by Crippen LogP contribution is 2.27. The van der Waals surface area contributed by atoms with Crippen LogP contribution in [0.5, 0.6) is 5.88 Å². The molecular weight excluding hydrogens is 344 g/mol. The average Bonchev–Trinajstić information content (AvgIpc) is 3.04. The van der Waals surface area contributed by atoms with Crippen molar-refractivity contribution in [1.29, 1.82) is 0 Å². The van der Waals surface area contributed by atoms with Gasteiger partial charge in [-0.2, -0.15) is 0 Å². The monoisotopic (exact) mass is 368 g/mol. The van der Waals surface area contributed by atoms with Crippen LogP contribution in [0.3, 0.4) is 0 Å². The Bertz CT molecular complexity index is 907. The molecule has 0 unspecified atom stereocenters. The maximum absolute atomic E-state index is 11.8. The van der Waals surface area contributed by atoms with Crippen LogP contribution in [-0.2, 0) is 0 Å². The highest BCUT2D eigenvalue weighted by Gasteiger charge is 2.12. The molecule has 0 radical (unpaired) electrons. The van der Waals surface area contributed by atoms with Gasteiger partial charge in [0.1, 0.15) is 12.3 Å². The number of aromatic nitrogens is 3. The number of imidazole rings is 1. The summed E-state index contributed by atoms with van der Waals surface area (Å²) in [6, 6.07) is 7.48. The fourth-order valence-corrected chi connectivity index (χ4v) is 2.58. The highest BCUT2D eigenvalue weighted by molar-refractivity contribution is 5.88. The molecule has 142 valence electrons. The van der Waals surface area contributed by atoms with Crippen molar-refractivity contribution in [2.45, 2.75) is 6.92 Å². The number of fused-ring (bicyclic) bond motifs is 1. The van der Waals surface area contributed by atoms with Gasteiger partial charge < -0.3 is 15.0 Å². The third kappa shape index (κ3) is 4.73. The van der Waals surface area contributed by atoms with Crippen molar-refractivity contribution >= 4 is 17.5 Å². The van der Waals surface area contributed by atoms with Gasteiger partial charge in [-0.1, -0.05) is 6.07 Å². The van der Waals surface area contributed by atoms with Crippen molar-refractivity contribution in [2.24, 2.45) is 0 Å². The van der Waals surface area contributed by atoms with E-state index in [-0.39, 0.29) is 6.03 Å². The van der Waals surface area contributed by atoms with Gasteiger partial charge in [-0.25, -0.2) is 9.78 Å². The highest BCUT2D eigenvalue weighted by atomic mass is 16.5. The van der Waals surface area contributed by atoms with Crippen molar-refractivity contribution in [3.05, 3.63) is 42.9 Å². The summed E-state index contributed by atoms with van der Waals surface area (Å²) in [6.45, 7) is 3.73. The first-order valence-corrected chi connectivity index (χ1v) is 8.82. The normalized spacial score (nSPS) is 11.0. The number of urea groups is 1. The summed E-state index contributed by atoms with van der Waals surface area (Å²) in [4.78, 5) is 22.5. The molecule has 0 aromatic carbocycles. The number of pyridine rings is 2. The number of nitrogens with zero attached hydrogens (tertiary/aromatic N) is 4. The molecule has 2 N–H and O–H groups in total. The Balaban J connectivity index is 1.96. The molecule has 0 saturated carbocycles. The molecule has 0 aliphatic carbocycles. The summed E-state index contributed by atoms with van der Waals surface area (Å²) in [5.74, 6) is 1.12. The van der Waals surface area contributed by atoms with E-state index < -0.39 is 0 Å². The van der Waals surface area contributed by atoms with E-state index in [0.29, 0.717) is 30.5 Å². The van der Waals surface area contributed by atoms with Crippen LogP contribution in [0.2, 0.25) is 0 Å². The van der Waals surface area contributed by atoms with Gasteiger partial charge in [-0.05, 0) is 38.7 Å². The van der Waals surface area contributed by atoms with Gasteiger partial charge in [0.05, 0.1) is 6.20 Å². The Morgan fingerprint density at radius 1 is 1.30 bits per heavy atom. The van der Waals surface area contributed by atoms with Crippen LogP contribution in [0, 0.1) is 0 Å². The van der Waals surface area contributed by atoms with Gasteiger partial charge >= 0.3 is 6.03 Å². The Morgan fingerprint density at radius 2 is 2.15 bits per heavy atom. The van der Waals surface area contributed by atoms with E-state index in [1.165, 1.54) is 0 Å². The number of amides is 2. The molecule has 0 fully saturated rings. The zero-order chi connectivity index (χ0) is 19.2. The summed E-state index contributed by atoms with van der Waals surface area (Å²) >= 11 is 0. The van der Waals surface area contributed by atoms with Crippen LogP contribution in [-0.4, -0.2) is 59.1 Å². The van der Waals surface area contributed by atoms with Gasteiger partial charge in [-0.3, -0.25) is 14.7 Å². The number of hydrogen-bond donors (Lipinski definition) is 2. The van der Waals surface area contributed by atoms with E-state index in [2.05, 4.69) is 25.5 Å². The SMILES string of the molecule is CCNC(=O)Nc1cn2c(OCCN(C)C)cc(-c3cccnc3)cc2n1. The molecule has 8 nitrogen and oxygen atoms in total. The molecule has 3 aromatic rings. The van der Waals surface area contributed by atoms with Crippen molar-refractivity contribution < 1.29 is 9.53 Å². The Morgan fingerprint density at radius 3 is 2.85 bits per heavy atom. The Labute approximate surface area is 158 Å². The van der Waals surface area contributed by atoms with Crippen LogP contribution in [0.25, 0.3) is 16.8 Å². The lowest BCUT2D eigenvalue weighted by atomic mass is 10.1. The van der Waals surface area contributed by atoms with Gasteiger partial charge in [-0.15, -0.1) is 0 Å². The zero-order valence-corrected chi connectivity index (χ0v) is 15.8. The van der Waals surface area contributed by atoms with E-state index in [1.54, 1.807) is 18.6 Å². The second-order valence-corrected chi connectivity index (χ2v) is 6.31. The smallest absolute Gasteiger partial charge is 0.320 e. The zero-order valence-electron chi connectivity index (χ0n) is 15.8. The molecular formula is C19H24N6O2. The number of likely N-dealkylation sites (N-methyl/N-ethyl adjacent to an activating group) is 1. The first kappa shape index (κ1) is 18.7. The van der Waals surface area contributed by atoms with Gasteiger partial charge in [0, 0.05) is 37.1 Å². The molecule has 0 spiro atoms. The van der Waals surface area contributed by atoms with Crippen molar-refractivity contribution in [3.8, 4) is 17.0 Å². The van der Waals surface area contributed by atoms with E-state index in [4.69, 9.17) is 4.74 Å². The van der Waals surface area contributed by atoms with E-state index in [1.807, 2.05) is 49.7 Å². The number of anilines is 1. The summed E-state index contributed by atoms with van der Waals surface area (Å²) in [6.07, 6.45) is 5.29. The summed E-state index contributed by atoms with van der Waals surface area (Å²) in [7, 11) is 3.99. The van der Waals surface area contributed by atoms with E-state index in [9.17, 15) is 4.79 Å². The number of carbonyl (C=O) groups is 1. The predicted octanol–water partition coefficient (Wildman–Crippen LogP) is 2.48. The largest absolute Gasteiger partial charge is 0.477 e. The maximum atomic E-state index is 11.8. The molecule has 0 atom stereocenters. The summed E-state index contributed by atoms with van der Waals surface area (Å²) in [5, 5.41) is 5.43. The lowest BCUT2D eigenvalue weighted by molar-refractivity contribution is 0.251. The molecule has 0 aliphatic rings. The lowest BCUT2D eigenvalue weighted by Gasteiger charge is -2.13. The Hall–Kier alpha value is -3.13. The standard InChI is InChI=1S/C19H24N6O2/c1-4-21-19(26)23-16-13-25-17(22-16)10-15(14-6-5-7-20-12-14)11-18(25)27-9-8-24(2)3/h5-7,10-13H,4,8-9H2,1-3H3,(H2,21,23,26). The minimum atomic E-state index is -0.288. The fourth-order valence-electron chi connectivity index (χ4n) is 2.58. The Kier molecular flexibility index (Phi) is 5.87. The summed E-state index contributed by atoms with van der Waals surface area (Å²) < 4.78 is 7.82. The number of ether oxygens (including phenoxy) is 1. The van der Waals surface area contributed by atoms with Crippen molar-refractivity contribution in [3.63, 3.8) is 0 Å². The number of carbonyl (C=O) groups excluding carboxylic acids is 1. The molecule has 3 heterocycles. The van der Waals surface area contributed by atoms with Crippen LogP contribution in [0.15, 0.2) is 42.9 Å². The van der Waals surface area contributed by atoms with Crippen LogP contribution in [0.1, 0.15) is 6.92 Å². The molecule has 27 heavy (non-hydrogen) atoms. The molecule has 8 heteroatoms. The summed E-state index contributed by atoms with van der Waals surface area (Å²) in [5.41, 5.74) is 2.60. The van der Waals surface area contributed by atoms with Gasteiger partial charge in [0.25, 0.3) is 0 Å². The topological polar surface area (TPSA) is 83.8 Å². The third-order valence-corrected chi connectivity index (χ3v) is 3.90. The van der Waals surface area contributed by atoms with Crippen LogP contribution in [0.4, 0.5) is 10.6 Å². The van der Waals surface area contributed by atoms with E-state index in [0.717, 1.165) is 17.7 Å². The number of rotatable bonds is 7. The lowest BCUT2D eigenvalue weighted by Crippen LogP contribution is -2.28. The molecule has 3 rings (SSSR count). The minimum Gasteiger partial charge on any atom is -0.477 e. The molecule has 3 aromatic heterocycles. The van der Waals surface area contributed by atoms with Crippen molar-refractivity contribution in [1.82, 2.24) is 24.6 Å². The predicted molar refractivity (Wildman–Crippen MR) is 105 cm³/mol. The molecule has 0 aliphatic heterocycles. The second kappa shape index (κ2) is 8.50. The maximum Gasteiger partial charge on any atom is 0.320 e. The molecule has 2 amide bonds. The quantitative estimate of drug-likeness (QED) is 0.669. The fraction of sp³-hybridized carbons (Fsp3) is 0.316. The van der Waals surface area contributed by atoms with Gasteiger partial charge in [0.15, 0.2) is 11.7 Å². The minimum absolute atomic E-state index is 0.288. The molecule has 0 saturated heterocycles. The molecule has 0 bridgehead atoms. The number of hydrogen-bond acceptors (Lipinski definition) is 5. The van der Waals surface area contributed by atoms with Crippen molar-refractivity contribution in [2.75, 3.05) is 39.1 Å². The van der Waals surface area contributed by atoms with Gasteiger partial charge in [0.2, 0.25) is 0 Å². The average molecular weight is 368 g/mol. The van der Waals surface area contributed by atoms with Crippen LogP contribution < -0.4 is 15.4 Å². The second-order valence-electron chi connectivity index (χ2n) is 6.31.